The van der Waals surface area contributed by atoms with Crippen molar-refractivity contribution in [2.45, 2.75) is 18.9 Å². The molecule has 3 aromatic rings. The number of nitrogens with one attached hydrogen (secondary N) is 4. The molecule has 0 bridgehead atoms. The Balaban J connectivity index is 1.47. The third-order valence-corrected chi connectivity index (χ3v) is 4.39. The number of aromatic nitrogens is 2. The Kier molecular flexibility index (Phi) is 4.47. The fourth-order valence-electron chi connectivity index (χ4n) is 3.06. The van der Waals surface area contributed by atoms with Gasteiger partial charge in [0.05, 0.1) is 11.0 Å². The van der Waals surface area contributed by atoms with Crippen LogP contribution in [-0.4, -0.2) is 34.5 Å². The Morgan fingerprint density at radius 3 is 2.63 bits per heavy atom. The first-order valence-electron chi connectivity index (χ1n) is 8.64. The lowest BCUT2D eigenvalue weighted by Crippen LogP contribution is -2.27. The van der Waals surface area contributed by atoms with Crippen LogP contribution in [0.3, 0.4) is 0 Å². The summed E-state index contributed by atoms with van der Waals surface area (Å²) in [4.78, 5) is 41.3. The van der Waals surface area contributed by atoms with Crippen molar-refractivity contribution in [3.63, 3.8) is 0 Å². The zero-order valence-corrected chi connectivity index (χ0v) is 14.4. The average Bonchev–Trinajstić information content (AvgIpc) is 3.30. The van der Waals surface area contributed by atoms with Crippen LogP contribution in [0.25, 0.3) is 11.0 Å². The van der Waals surface area contributed by atoms with Gasteiger partial charge >= 0.3 is 5.69 Å². The summed E-state index contributed by atoms with van der Waals surface area (Å²) in [6, 6.07) is 11.8. The van der Waals surface area contributed by atoms with Crippen LogP contribution < -0.4 is 16.3 Å². The first-order chi connectivity index (χ1) is 13.1. The number of aromatic amines is 2. The number of benzene rings is 2. The van der Waals surface area contributed by atoms with Crippen LogP contribution in [0.5, 0.6) is 0 Å². The van der Waals surface area contributed by atoms with Gasteiger partial charge in [-0.3, -0.25) is 9.59 Å². The molecule has 2 aromatic carbocycles. The van der Waals surface area contributed by atoms with E-state index in [0.29, 0.717) is 41.0 Å². The van der Waals surface area contributed by atoms with Crippen molar-refractivity contribution in [2.24, 2.45) is 0 Å². The SMILES string of the molecule is O=C(Nc1ccc2[nH]c(=O)[nH]c2c1)c1cccc(NC(=O)C2CCCO2)c1. The minimum absolute atomic E-state index is 0.202. The molecule has 1 fully saturated rings. The molecular formula is C19H18N4O4. The largest absolute Gasteiger partial charge is 0.368 e. The van der Waals surface area contributed by atoms with Crippen molar-refractivity contribution < 1.29 is 14.3 Å². The number of carbonyl (C=O) groups excluding carboxylic acids is 2. The van der Waals surface area contributed by atoms with Gasteiger partial charge in [-0.1, -0.05) is 6.07 Å². The van der Waals surface area contributed by atoms with Gasteiger partial charge in [-0.25, -0.2) is 4.79 Å². The fourth-order valence-corrected chi connectivity index (χ4v) is 3.06. The molecule has 0 aliphatic carbocycles. The number of anilines is 2. The van der Waals surface area contributed by atoms with E-state index in [-0.39, 0.29) is 17.5 Å². The number of carbonyl (C=O) groups is 2. The maximum absolute atomic E-state index is 12.5. The van der Waals surface area contributed by atoms with E-state index in [4.69, 9.17) is 4.74 Å². The second-order valence-corrected chi connectivity index (χ2v) is 6.37. The highest BCUT2D eigenvalue weighted by atomic mass is 16.5. The van der Waals surface area contributed by atoms with Crippen LogP contribution in [0.4, 0.5) is 11.4 Å². The molecule has 0 spiro atoms. The molecule has 8 heteroatoms. The Labute approximate surface area is 153 Å². The number of fused-ring (bicyclic) bond motifs is 1. The predicted molar refractivity (Wildman–Crippen MR) is 101 cm³/mol. The molecule has 0 radical (unpaired) electrons. The van der Waals surface area contributed by atoms with Crippen LogP contribution >= 0.6 is 0 Å². The first-order valence-corrected chi connectivity index (χ1v) is 8.64. The zero-order valence-electron chi connectivity index (χ0n) is 14.4. The third kappa shape index (κ3) is 3.75. The van der Waals surface area contributed by atoms with Gasteiger partial charge in [-0.15, -0.1) is 0 Å². The van der Waals surface area contributed by atoms with E-state index in [2.05, 4.69) is 20.6 Å². The quantitative estimate of drug-likeness (QED) is 0.566. The summed E-state index contributed by atoms with van der Waals surface area (Å²) in [6.45, 7) is 0.595. The van der Waals surface area contributed by atoms with E-state index in [1.807, 2.05) is 0 Å². The van der Waals surface area contributed by atoms with Crippen molar-refractivity contribution in [1.29, 1.82) is 0 Å². The molecule has 4 rings (SSSR count). The van der Waals surface area contributed by atoms with Crippen molar-refractivity contribution in [3.05, 3.63) is 58.5 Å². The van der Waals surface area contributed by atoms with Gasteiger partial charge in [0, 0.05) is 23.5 Å². The number of hydrogen-bond acceptors (Lipinski definition) is 4. The monoisotopic (exact) mass is 366 g/mol. The van der Waals surface area contributed by atoms with Crippen LogP contribution in [0.2, 0.25) is 0 Å². The molecule has 1 aliphatic rings. The van der Waals surface area contributed by atoms with Gasteiger partial charge in [0.15, 0.2) is 0 Å². The molecular weight excluding hydrogens is 348 g/mol. The molecule has 1 atom stereocenters. The van der Waals surface area contributed by atoms with E-state index in [1.165, 1.54) is 0 Å². The lowest BCUT2D eigenvalue weighted by molar-refractivity contribution is -0.124. The minimum Gasteiger partial charge on any atom is -0.368 e. The summed E-state index contributed by atoms with van der Waals surface area (Å²) in [6.07, 6.45) is 1.14. The number of ether oxygens (including phenoxy) is 1. The summed E-state index contributed by atoms with van der Waals surface area (Å²) in [5.74, 6) is -0.521. The first kappa shape index (κ1) is 17.0. The summed E-state index contributed by atoms with van der Waals surface area (Å²) in [5, 5.41) is 5.57. The molecule has 4 N–H and O–H groups in total. The zero-order chi connectivity index (χ0) is 18.8. The maximum Gasteiger partial charge on any atom is 0.323 e. The Hall–Kier alpha value is -3.39. The average molecular weight is 366 g/mol. The van der Waals surface area contributed by atoms with Gasteiger partial charge in [-0.2, -0.15) is 0 Å². The summed E-state index contributed by atoms with van der Waals surface area (Å²) < 4.78 is 5.36. The van der Waals surface area contributed by atoms with Crippen LogP contribution in [0, 0.1) is 0 Å². The lowest BCUT2D eigenvalue weighted by Gasteiger charge is -2.11. The normalized spacial score (nSPS) is 16.4. The molecule has 1 aliphatic heterocycles. The molecule has 138 valence electrons. The molecule has 27 heavy (non-hydrogen) atoms. The Morgan fingerprint density at radius 2 is 1.81 bits per heavy atom. The van der Waals surface area contributed by atoms with Gasteiger partial charge < -0.3 is 25.3 Å². The molecule has 0 saturated carbocycles. The van der Waals surface area contributed by atoms with Crippen molar-refractivity contribution in [3.8, 4) is 0 Å². The molecule has 1 saturated heterocycles. The number of imidazole rings is 1. The van der Waals surface area contributed by atoms with Crippen LogP contribution in [-0.2, 0) is 9.53 Å². The highest BCUT2D eigenvalue weighted by Crippen LogP contribution is 2.18. The van der Waals surface area contributed by atoms with Crippen molar-refractivity contribution >= 4 is 34.2 Å². The number of hydrogen-bond donors (Lipinski definition) is 4. The molecule has 1 aromatic heterocycles. The second kappa shape index (κ2) is 7.08. The van der Waals surface area contributed by atoms with Crippen LogP contribution in [0.15, 0.2) is 47.3 Å². The third-order valence-electron chi connectivity index (χ3n) is 4.39. The molecule has 2 amide bonds. The number of amides is 2. The lowest BCUT2D eigenvalue weighted by atomic mass is 10.1. The van der Waals surface area contributed by atoms with E-state index in [1.54, 1.807) is 42.5 Å². The fraction of sp³-hybridized carbons (Fsp3) is 0.211. The second-order valence-electron chi connectivity index (χ2n) is 6.37. The van der Waals surface area contributed by atoms with Gasteiger partial charge in [0.1, 0.15) is 6.10 Å². The highest BCUT2D eigenvalue weighted by molar-refractivity contribution is 6.06. The van der Waals surface area contributed by atoms with Gasteiger partial charge in [0.2, 0.25) is 0 Å². The van der Waals surface area contributed by atoms with E-state index in [0.717, 1.165) is 6.42 Å². The number of H-pyrrole nitrogens is 2. The smallest absolute Gasteiger partial charge is 0.323 e. The minimum atomic E-state index is -0.433. The Bertz CT molecular complexity index is 1060. The van der Waals surface area contributed by atoms with E-state index in [9.17, 15) is 14.4 Å². The van der Waals surface area contributed by atoms with Gasteiger partial charge in [0.25, 0.3) is 11.8 Å². The van der Waals surface area contributed by atoms with Crippen LogP contribution in [0.1, 0.15) is 23.2 Å². The van der Waals surface area contributed by atoms with Crippen molar-refractivity contribution in [1.82, 2.24) is 9.97 Å². The summed E-state index contributed by atoms with van der Waals surface area (Å²) in [5.41, 5.74) is 2.46. The molecule has 8 nitrogen and oxygen atoms in total. The predicted octanol–water partition coefficient (Wildman–Crippen LogP) is 2.23. The summed E-state index contributed by atoms with van der Waals surface area (Å²) in [7, 11) is 0. The van der Waals surface area contributed by atoms with E-state index < -0.39 is 6.10 Å². The standard InChI is InChI=1S/C19H18N4O4/c24-17(20-13-6-7-14-15(10-13)23-19(26)22-14)11-3-1-4-12(9-11)21-18(25)16-5-2-8-27-16/h1,3-4,6-7,9-10,16H,2,5,8H2,(H,20,24)(H,21,25)(H2,22,23,26). The summed E-state index contributed by atoms with van der Waals surface area (Å²) >= 11 is 0. The number of rotatable bonds is 4. The molecule has 1 unspecified atom stereocenters. The molecule has 2 heterocycles. The van der Waals surface area contributed by atoms with E-state index >= 15 is 0 Å². The topological polar surface area (TPSA) is 116 Å². The van der Waals surface area contributed by atoms with Crippen molar-refractivity contribution in [2.75, 3.05) is 17.2 Å². The maximum atomic E-state index is 12.5. The highest BCUT2D eigenvalue weighted by Gasteiger charge is 2.23. The van der Waals surface area contributed by atoms with Gasteiger partial charge in [-0.05, 0) is 49.2 Å². The Morgan fingerprint density at radius 1 is 1.00 bits per heavy atom.